The highest BCUT2D eigenvalue weighted by Crippen LogP contribution is 2.17. The maximum absolute atomic E-state index is 12.7. The average Bonchev–Trinajstić information content (AvgIpc) is 2.69. The molecule has 0 unspecified atom stereocenters. The van der Waals surface area contributed by atoms with Gasteiger partial charge >= 0.3 is 5.97 Å². The minimum atomic E-state index is -0.727. The van der Waals surface area contributed by atoms with Crippen LogP contribution in [0.15, 0.2) is 59.4 Å². The van der Waals surface area contributed by atoms with Gasteiger partial charge in [0.25, 0.3) is 11.5 Å². The highest BCUT2D eigenvalue weighted by Gasteiger charge is 2.21. The number of nitrogens with one attached hydrogen (secondary N) is 1. The Morgan fingerprint density at radius 3 is 2.52 bits per heavy atom. The predicted molar refractivity (Wildman–Crippen MR) is 110 cm³/mol. The lowest BCUT2D eigenvalue weighted by Crippen LogP contribution is -2.27. The van der Waals surface area contributed by atoms with Gasteiger partial charge in [0.15, 0.2) is 5.69 Å². The molecule has 3 rings (SSSR count). The zero-order valence-corrected chi connectivity index (χ0v) is 16.4. The highest BCUT2D eigenvalue weighted by molar-refractivity contribution is 6.07. The standard InChI is InChI=1S/C22H21N3O4/c1-4-29-22(28)20-17(23-21(27)16-10-7-8-14(2)12-16)13-19(26)25(24-20)18-11-6-5-9-15(18)3/h5-13H,4H2,1-3H3,(H,23,27). The molecule has 29 heavy (non-hydrogen) atoms. The van der Waals surface area contributed by atoms with E-state index in [1.807, 2.05) is 32.0 Å². The number of ether oxygens (including phenoxy) is 1. The van der Waals surface area contributed by atoms with Gasteiger partial charge in [-0.05, 0) is 44.5 Å². The molecule has 0 aliphatic rings. The Bertz CT molecular complexity index is 1130. The summed E-state index contributed by atoms with van der Waals surface area (Å²) in [5.41, 5.74) is 2.06. The Labute approximate surface area is 168 Å². The molecule has 0 aliphatic carbocycles. The van der Waals surface area contributed by atoms with Gasteiger partial charge in [0, 0.05) is 11.6 Å². The summed E-state index contributed by atoms with van der Waals surface area (Å²) in [6.07, 6.45) is 0. The highest BCUT2D eigenvalue weighted by atomic mass is 16.5. The zero-order chi connectivity index (χ0) is 21.0. The zero-order valence-electron chi connectivity index (χ0n) is 16.4. The van der Waals surface area contributed by atoms with Crippen LogP contribution in [0.25, 0.3) is 5.69 Å². The molecule has 0 atom stereocenters. The van der Waals surface area contributed by atoms with E-state index in [-0.39, 0.29) is 18.0 Å². The molecule has 0 spiro atoms. The number of para-hydroxylation sites is 1. The second-order valence-electron chi connectivity index (χ2n) is 6.49. The number of anilines is 1. The van der Waals surface area contributed by atoms with Gasteiger partial charge in [-0.3, -0.25) is 9.59 Å². The summed E-state index contributed by atoms with van der Waals surface area (Å²) in [6, 6.07) is 15.3. The van der Waals surface area contributed by atoms with Crippen molar-refractivity contribution < 1.29 is 14.3 Å². The van der Waals surface area contributed by atoms with E-state index in [2.05, 4.69) is 10.4 Å². The van der Waals surface area contributed by atoms with Crippen LogP contribution in [0.2, 0.25) is 0 Å². The van der Waals surface area contributed by atoms with Crippen molar-refractivity contribution in [1.82, 2.24) is 9.78 Å². The molecule has 0 fully saturated rings. The van der Waals surface area contributed by atoms with Crippen LogP contribution in [0.5, 0.6) is 0 Å². The molecule has 2 aromatic carbocycles. The molecule has 1 heterocycles. The largest absolute Gasteiger partial charge is 0.461 e. The topological polar surface area (TPSA) is 90.3 Å². The third kappa shape index (κ3) is 4.40. The number of carbonyl (C=O) groups excluding carboxylic acids is 2. The molecule has 7 nitrogen and oxygen atoms in total. The van der Waals surface area contributed by atoms with E-state index >= 15 is 0 Å². The normalized spacial score (nSPS) is 10.4. The third-order valence-electron chi connectivity index (χ3n) is 4.27. The number of carbonyl (C=O) groups is 2. The Morgan fingerprint density at radius 1 is 1.07 bits per heavy atom. The maximum Gasteiger partial charge on any atom is 0.360 e. The first-order valence-corrected chi connectivity index (χ1v) is 9.16. The van der Waals surface area contributed by atoms with Gasteiger partial charge in [-0.2, -0.15) is 9.78 Å². The molecule has 0 aliphatic heterocycles. The minimum Gasteiger partial charge on any atom is -0.461 e. The van der Waals surface area contributed by atoms with Crippen LogP contribution < -0.4 is 10.9 Å². The number of nitrogens with zero attached hydrogens (tertiary/aromatic N) is 2. The summed E-state index contributed by atoms with van der Waals surface area (Å²) in [5, 5.41) is 6.81. The van der Waals surface area contributed by atoms with Crippen molar-refractivity contribution in [2.45, 2.75) is 20.8 Å². The second kappa shape index (κ2) is 8.52. The molecule has 0 radical (unpaired) electrons. The van der Waals surface area contributed by atoms with E-state index in [4.69, 9.17) is 4.74 Å². The number of aromatic nitrogens is 2. The molecule has 1 amide bonds. The van der Waals surface area contributed by atoms with E-state index < -0.39 is 17.4 Å². The van der Waals surface area contributed by atoms with E-state index in [0.29, 0.717) is 11.3 Å². The summed E-state index contributed by atoms with van der Waals surface area (Å²) in [6.45, 7) is 5.50. The van der Waals surface area contributed by atoms with Gasteiger partial charge in [-0.1, -0.05) is 35.9 Å². The van der Waals surface area contributed by atoms with Crippen molar-refractivity contribution in [2.24, 2.45) is 0 Å². The van der Waals surface area contributed by atoms with Crippen LogP contribution in [0.1, 0.15) is 38.9 Å². The van der Waals surface area contributed by atoms with Crippen LogP contribution >= 0.6 is 0 Å². The van der Waals surface area contributed by atoms with Crippen LogP contribution in [-0.4, -0.2) is 28.3 Å². The Morgan fingerprint density at radius 2 is 1.83 bits per heavy atom. The first-order valence-electron chi connectivity index (χ1n) is 9.16. The van der Waals surface area contributed by atoms with E-state index in [1.165, 1.54) is 6.07 Å². The molecular formula is C22H21N3O4. The van der Waals surface area contributed by atoms with Gasteiger partial charge in [0.1, 0.15) is 0 Å². The summed E-state index contributed by atoms with van der Waals surface area (Å²) in [5.74, 6) is -1.18. The van der Waals surface area contributed by atoms with Crippen molar-refractivity contribution >= 4 is 17.6 Å². The Kier molecular flexibility index (Phi) is 5.87. The fraction of sp³-hybridized carbons (Fsp3) is 0.182. The number of amides is 1. The Hall–Kier alpha value is -3.74. The first-order chi connectivity index (χ1) is 13.9. The minimum absolute atomic E-state index is 0.00444. The van der Waals surface area contributed by atoms with Crippen molar-refractivity contribution in [1.29, 1.82) is 0 Å². The predicted octanol–water partition coefficient (Wildman–Crippen LogP) is 3.28. The van der Waals surface area contributed by atoms with Gasteiger partial charge in [0.05, 0.1) is 18.0 Å². The molecule has 148 valence electrons. The van der Waals surface area contributed by atoms with E-state index in [0.717, 1.165) is 15.8 Å². The molecule has 7 heteroatoms. The molecule has 0 saturated carbocycles. The molecular weight excluding hydrogens is 370 g/mol. The Balaban J connectivity index is 2.08. The lowest BCUT2D eigenvalue weighted by Gasteiger charge is -2.13. The maximum atomic E-state index is 12.7. The number of aryl methyl sites for hydroxylation is 2. The van der Waals surface area contributed by atoms with Crippen molar-refractivity contribution in [2.75, 3.05) is 11.9 Å². The second-order valence-corrected chi connectivity index (χ2v) is 6.49. The number of esters is 1. The molecule has 0 bridgehead atoms. The van der Waals surface area contributed by atoms with Crippen LogP contribution in [0, 0.1) is 13.8 Å². The van der Waals surface area contributed by atoms with Gasteiger partial charge in [-0.15, -0.1) is 0 Å². The summed E-state index contributed by atoms with van der Waals surface area (Å²) < 4.78 is 6.20. The molecule has 1 aromatic heterocycles. The summed E-state index contributed by atoms with van der Waals surface area (Å²) in [4.78, 5) is 37.8. The quantitative estimate of drug-likeness (QED) is 0.674. The first kappa shape index (κ1) is 20.0. The summed E-state index contributed by atoms with van der Waals surface area (Å²) >= 11 is 0. The lowest BCUT2D eigenvalue weighted by molar-refractivity contribution is 0.0518. The monoisotopic (exact) mass is 391 g/mol. The van der Waals surface area contributed by atoms with Crippen molar-refractivity contribution in [3.05, 3.63) is 87.3 Å². The number of benzene rings is 2. The number of rotatable bonds is 5. The van der Waals surface area contributed by atoms with Crippen LogP contribution in [0.4, 0.5) is 5.69 Å². The number of hydrogen-bond acceptors (Lipinski definition) is 5. The van der Waals surface area contributed by atoms with Crippen molar-refractivity contribution in [3.8, 4) is 5.69 Å². The smallest absolute Gasteiger partial charge is 0.360 e. The fourth-order valence-electron chi connectivity index (χ4n) is 2.86. The SMILES string of the molecule is CCOC(=O)c1nn(-c2ccccc2C)c(=O)cc1NC(=O)c1cccc(C)c1. The average molecular weight is 391 g/mol. The summed E-state index contributed by atoms with van der Waals surface area (Å²) in [7, 11) is 0. The van der Waals surface area contributed by atoms with Crippen LogP contribution in [0.3, 0.4) is 0 Å². The van der Waals surface area contributed by atoms with Crippen molar-refractivity contribution in [3.63, 3.8) is 0 Å². The third-order valence-corrected chi connectivity index (χ3v) is 4.27. The van der Waals surface area contributed by atoms with Gasteiger partial charge < -0.3 is 10.1 Å². The molecule has 1 N–H and O–H groups in total. The molecule has 3 aromatic rings. The van der Waals surface area contributed by atoms with E-state index in [9.17, 15) is 14.4 Å². The lowest BCUT2D eigenvalue weighted by atomic mass is 10.1. The van der Waals surface area contributed by atoms with Gasteiger partial charge in [0.2, 0.25) is 0 Å². The van der Waals surface area contributed by atoms with E-state index in [1.54, 1.807) is 37.3 Å². The number of hydrogen-bond donors (Lipinski definition) is 1. The van der Waals surface area contributed by atoms with Crippen LogP contribution in [-0.2, 0) is 4.74 Å². The molecule has 0 saturated heterocycles. The van der Waals surface area contributed by atoms with Gasteiger partial charge in [-0.25, -0.2) is 4.79 Å². The fourth-order valence-corrected chi connectivity index (χ4v) is 2.86.